The van der Waals surface area contributed by atoms with E-state index in [1.54, 1.807) is 25.1 Å². The van der Waals surface area contributed by atoms with Crippen molar-refractivity contribution in [2.45, 2.75) is 39.0 Å². The number of fused-ring (bicyclic) bond motifs is 3. The van der Waals surface area contributed by atoms with Crippen LogP contribution in [0.25, 0.3) is 0 Å². The zero-order valence-electron chi connectivity index (χ0n) is 19.5. The maximum absolute atomic E-state index is 13.4. The van der Waals surface area contributed by atoms with Crippen molar-refractivity contribution in [3.05, 3.63) is 58.2 Å². The number of carbonyl (C=O) groups is 4. The number of Topliss-reactive ketones (excluding diaryl/α,β-unsaturated/α-hetero) is 1. The second-order valence-electron chi connectivity index (χ2n) is 9.49. The lowest BCUT2D eigenvalue weighted by Crippen LogP contribution is -2.39. The number of phenols is 1. The number of ether oxygens (including phenoxy) is 1. The van der Waals surface area contributed by atoms with Crippen LogP contribution in [0.5, 0.6) is 11.5 Å². The zero-order valence-corrected chi connectivity index (χ0v) is 19.5. The van der Waals surface area contributed by atoms with Crippen LogP contribution in [-0.4, -0.2) is 47.0 Å². The number of rotatable bonds is 4. The Bertz CT molecular complexity index is 1240. The molecule has 0 radical (unpaired) electrons. The molecule has 0 unspecified atom stereocenters. The Labute approximate surface area is 197 Å². The summed E-state index contributed by atoms with van der Waals surface area (Å²) in [6.45, 7) is 3.94. The predicted molar refractivity (Wildman–Crippen MR) is 123 cm³/mol. The van der Waals surface area contributed by atoms with Crippen LogP contribution in [0.3, 0.4) is 0 Å². The highest BCUT2D eigenvalue weighted by Gasteiger charge is 2.56. The van der Waals surface area contributed by atoms with E-state index in [9.17, 15) is 24.3 Å². The van der Waals surface area contributed by atoms with E-state index in [1.807, 2.05) is 13.0 Å². The van der Waals surface area contributed by atoms with Gasteiger partial charge in [0.25, 0.3) is 0 Å². The van der Waals surface area contributed by atoms with Crippen LogP contribution in [0, 0.1) is 17.8 Å². The van der Waals surface area contributed by atoms with Crippen molar-refractivity contribution in [3.8, 4) is 11.5 Å². The summed E-state index contributed by atoms with van der Waals surface area (Å²) in [6.07, 6.45) is 4.71. The Balaban J connectivity index is 1.67. The monoisotopic (exact) mass is 461 g/mol. The number of phenolic OH excluding ortho intramolecular Hbond substituents is 1. The van der Waals surface area contributed by atoms with E-state index in [4.69, 9.17) is 4.74 Å². The Morgan fingerprint density at radius 1 is 1.12 bits per heavy atom. The highest BCUT2D eigenvalue weighted by molar-refractivity contribution is 6.23. The summed E-state index contributed by atoms with van der Waals surface area (Å²) in [5.74, 6) is -2.43. The molecule has 5 rings (SSSR count). The van der Waals surface area contributed by atoms with Gasteiger partial charge in [-0.05, 0) is 55.9 Å². The van der Waals surface area contributed by atoms with E-state index in [2.05, 4.69) is 0 Å². The molecule has 1 heterocycles. The number of ketones is 2. The molecule has 3 aliphatic carbocycles. The first-order chi connectivity index (χ1) is 16.3. The molecule has 1 aromatic carbocycles. The van der Waals surface area contributed by atoms with Crippen molar-refractivity contribution in [1.29, 1.82) is 0 Å². The number of amides is 2. The number of benzene rings is 1. The zero-order chi connectivity index (χ0) is 24.3. The van der Waals surface area contributed by atoms with Crippen LogP contribution in [-0.2, 0) is 19.2 Å². The van der Waals surface area contributed by atoms with Gasteiger partial charge in [-0.15, -0.1) is 0 Å². The molecule has 4 atom stereocenters. The standard InChI is InChI=1S/C27H27NO6/c1-4-9-28-26(32)16-7-6-15-17(23(16)27(28)33)12-18-24(20(30)10-13(2)25(18)31)22(15)14-5-8-21(34-3)19(29)11-14/h5-6,8,10-11,16-17,22-23,29H,4,7,9,12H2,1-3H3/t16-,17+,22-,23-/m0/s1. The van der Waals surface area contributed by atoms with E-state index >= 15 is 0 Å². The lowest BCUT2D eigenvalue weighted by Gasteiger charge is -2.42. The number of methoxy groups -OCH3 is 1. The molecule has 0 saturated carbocycles. The molecular formula is C27H27NO6. The first kappa shape index (κ1) is 22.3. The van der Waals surface area contributed by atoms with Gasteiger partial charge in [-0.1, -0.05) is 24.6 Å². The van der Waals surface area contributed by atoms with Crippen LogP contribution in [0.1, 0.15) is 44.6 Å². The molecule has 0 spiro atoms. The molecule has 7 nitrogen and oxygen atoms in total. The van der Waals surface area contributed by atoms with Crippen LogP contribution in [0.2, 0.25) is 0 Å². The normalized spacial score (nSPS) is 28.4. The number of hydrogen-bond donors (Lipinski definition) is 1. The van der Waals surface area contributed by atoms with Crippen molar-refractivity contribution in [3.63, 3.8) is 0 Å². The summed E-state index contributed by atoms with van der Waals surface area (Å²) in [5.41, 5.74) is 2.72. The van der Waals surface area contributed by atoms with Crippen molar-refractivity contribution < 1.29 is 29.0 Å². The third-order valence-corrected chi connectivity index (χ3v) is 7.64. The van der Waals surface area contributed by atoms with Gasteiger partial charge >= 0.3 is 0 Å². The van der Waals surface area contributed by atoms with E-state index < -0.39 is 17.8 Å². The van der Waals surface area contributed by atoms with Crippen molar-refractivity contribution >= 4 is 23.4 Å². The maximum atomic E-state index is 13.4. The van der Waals surface area contributed by atoms with Gasteiger partial charge in [0.2, 0.25) is 11.8 Å². The molecule has 4 aliphatic rings. The molecule has 176 valence electrons. The molecule has 1 saturated heterocycles. The van der Waals surface area contributed by atoms with Crippen molar-refractivity contribution in [1.82, 2.24) is 4.90 Å². The summed E-state index contributed by atoms with van der Waals surface area (Å²) in [5, 5.41) is 10.5. The second-order valence-corrected chi connectivity index (χ2v) is 9.49. The molecular weight excluding hydrogens is 434 g/mol. The minimum absolute atomic E-state index is 0.0684. The third-order valence-electron chi connectivity index (χ3n) is 7.64. The quantitative estimate of drug-likeness (QED) is 0.420. The highest BCUT2D eigenvalue weighted by atomic mass is 16.5. The molecule has 1 N–H and O–H groups in total. The van der Waals surface area contributed by atoms with Gasteiger partial charge in [0.15, 0.2) is 23.1 Å². The number of nitrogens with zero attached hydrogens (tertiary/aromatic N) is 1. The van der Waals surface area contributed by atoms with Gasteiger partial charge in [0.1, 0.15) is 0 Å². The number of carbonyl (C=O) groups excluding carboxylic acids is 4. The molecule has 1 fully saturated rings. The topological polar surface area (TPSA) is 101 Å². The lowest BCUT2D eigenvalue weighted by atomic mass is 9.59. The molecule has 0 bridgehead atoms. The molecule has 0 aromatic heterocycles. The smallest absolute Gasteiger partial charge is 0.233 e. The summed E-state index contributed by atoms with van der Waals surface area (Å²) in [6, 6.07) is 4.96. The van der Waals surface area contributed by atoms with Gasteiger partial charge in [-0.2, -0.15) is 0 Å². The van der Waals surface area contributed by atoms with Gasteiger partial charge < -0.3 is 9.84 Å². The van der Waals surface area contributed by atoms with Crippen LogP contribution < -0.4 is 4.74 Å². The Hall–Kier alpha value is -3.48. The van der Waals surface area contributed by atoms with Gasteiger partial charge in [0.05, 0.1) is 18.9 Å². The third kappa shape index (κ3) is 3.10. The Kier molecular flexibility index (Phi) is 5.30. The van der Waals surface area contributed by atoms with Gasteiger partial charge in [0, 0.05) is 29.2 Å². The van der Waals surface area contributed by atoms with E-state index in [0.717, 1.165) is 5.57 Å². The summed E-state index contributed by atoms with van der Waals surface area (Å²) in [4.78, 5) is 54.2. The van der Waals surface area contributed by atoms with Crippen LogP contribution in [0.15, 0.2) is 52.6 Å². The largest absolute Gasteiger partial charge is 0.504 e. The first-order valence-electron chi connectivity index (χ1n) is 11.7. The number of hydrogen-bond acceptors (Lipinski definition) is 6. The van der Waals surface area contributed by atoms with Crippen molar-refractivity contribution in [2.75, 3.05) is 13.7 Å². The lowest BCUT2D eigenvalue weighted by molar-refractivity contribution is -0.140. The molecule has 7 heteroatoms. The van der Waals surface area contributed by atoms with Gasteiger partial charge in [-0.25, -0.2) is 0 Å². The summed E-state index contributed by atoms with van der Waals surface area (Å²) < 4.78 is 5.18. The molecule has 2 amide bonds. The predicted octanol–water partition coefficient (Wildman–Crippen LogP) is 3.24. The summed E-state index contributed by atoms with van der Waals surface area (Å²) in [7, 11) is 1.46. The highest BCUT2D eigenvalue weighted by Crippen LogP contribution is 2.55. The first-order valence-corrected chi connectivity index (χ1v) is 11.7. The van der Waals surface area contributed by atoms with E-state index in [-0.39, 0.29) is 41.5 Å². The number of aromatic hydroxyl groups is 1. The Morgan fingerprint density at radius 3 is 2.56 bits per heavy atom. The minimum Gasteiger partial charge on any atom is -0.504 e. The molecule has 34 heavy (non-hydrogen) atoms. The Morgan fingerprint density at radius 2 is 1.88 bits per heavy atom. The fourth-order valence-corrected chi connectivity index (χ4v) is 6.16. The van der Waals surface area contributed by atoms with Gasteiger partial charge in [-0.3, -0.25) is 24.1 Å². The number of likely N-dealkylation sites (tertiary alicyclic amines) is 1. The maximum Gasteiger partial charge on any atom is 0.233 e. The minimum atomic E-state index is -0.574. The molecule has 1 aromatic rings. The van der Waals surface area contributed by atoms with Crippen molar-refractivity contribution in [2.24, 2.45) is 17.8 Å². The average molecular weight is 462 g/mol. The second kappa shape index (κ2) is 8.08. The number of imide groups is 1. The fraction of sp³-hybridized carbons (Fsp3) is 0.407. The van der Waals surface area contributed by atoms with E-state index in [1.165, 1.54) is 18.1 Å². The molecule has 1 aliphatic heterocycles. The average Bonchev–Trinajstić information content (AvgIpc) is 3.06. The van der Waals surface area contributed by atoms with E-state index in [0.29, 0.717) is 47.4 Å². The summed E-state index contributed by atoms with van der Waals surface area (Å²) >= 11 is 0. The fourth-order valence-electron chi connectivity index (χ4n) is 6.16. The SMILES string of the molecule is CCCN1C(=O)[C@H]2[C@H](CC=C3[C@H](c4ccc(OC)c(O)c4)C4=C(C[C@H]32)C(=O)C(C)=CC4=O)C1=O. The van der Waals surface area contributed by atoms with Crippen LogP contribution >= 0.6 is 0 Å². The van der Waals surface area contributed by atoms with Crippen LogP contribution in [0.4, 0.5) is 0 Å². The number of allylic oxidation sites excluding steroid dienone is 6.